The van der Waals surface area contributed by atoms with Gasteiger partial charge < -0.3 is 9.80 Å². The van der Waals surface area contributed by atoms with Crippen LogP contribution in [0.5, 0.6) is 0 Å². The Hall–Kier alpha value is -2.21. The van der Waals surface area contributed by atoms with Crippen molar-refractivity contribution in [2.24, 2.45) is 24.3 Å². The first-order valence-electron chi connectivity index (χ1n) is 12.0. The predicted octanol–water partition coefficient (Wildman–Crippen LogP) is 3.83. The smallest absolute Gasteiger partial charge is 0.151 e. The van der Waals surface area contributed by atoms with E-state index in [2.05, 4.69) is 50.2 Å². The van der Waals surface area contributed by atoms with Crippen LogP contribution in [0, 0.1) is 24.2 Å². The quantitative estimate of drug-likeness (QED) is 0.707. The highest BCUT2D eigenvalue weighted by atomic mass is 15.3. The molecule has 4 atom stereocenters. The van der Waals surface area contributed by atoms with Crippen molar-refractivity contribution in [2.45, 2.75) is 52.0 Å². The molecule has 6 heteroatoms. The highest BCUT2D eigenvalue weighted by Crippen LogP contribution is 2.51. The van der Waals surface area contributed by atoms with Gasteiger partial charge in [-0.1, -0.05) is 18.6 Å². The van der Waals surface area contributed by atoms with Crippen molar-refractivity contribution in [2.75, 3.05) is 31.1 Å². The first-order valence-corrected chi connectivity index (χ1v) is 12.0. The Kier molecular flexibility index (Phi) is 4.50. The molecule has 6 nitrogen and oxygen atoms in total. The minimum atomic E-state index is 0.527. The molecule has 0 aromatic carbocycles. The summed E-state index contributed by atoms with van der Waals surface area (Å²) in [4.78, 5) is 5.30. The lowest BCUT2D eigenvalue weighted by Gasteiger charge is -2.39. The molecule has 2 aliphatic carbocycles. The van der Waals surface area contributed by atoms with E-state index in [1.54, 1.807) is 5.57 Å². The van der Waals surface area contributed by atoms with Crippen LogP contribution in [0.15, 0.2) is 30.0 Å². The maximum atomic E-state index is 4.65. The summed E-state index contributed by atoms with van der Waals surface area (Å²) in [6.45, 7) is 9.30. The SMILES string of the molecule is Cc1nn(C)cc1-c1ccc(N2CCC3CN(CC45CC=C(CC(C)C4)C5)CC32)nn1. The number of anilines is 1. The molecule has 2 aliphatic heterocycles. The fourth-order valence-electron chi connectivity index (χ4n) is 7.15. The zero-order chi connectivity index (χ0) is 21.2. The van der Waals surface area contributed by atoms with Crippen LogP contribution in [-0.2, 0) is 7.05 Å². The van der Waals surface area contributed by atoms with E-state index in [1.165, 1.54) is 51.7 Å². The van der Waals surface area contributed by atoms with E-state index in [0.717, 1.165) is 41.1 Å². The van der Waals surface area contributed by atoms with Crippen LogP contribution in [0.2, 0.25) is 0 Å². The van der Waals surface area contributed by atoms with Crippen molar-refractivity contribution in [3.05, 3.63) is 35.7 Å². The van der Waals surface area contributed by atoms with Gasteiger partial charge in [0.1, 0.15) is 0 Å². The predicted molar refractivity (Wildman–Crippen MR) is 123 cm³/mol. The molecule has 1 saturated carbocycles. The lowest BCUT2D eigenvalue weighted by atomic mass is 9.71. The molecule has 2 aromatic rings. The minimum Gasteiger partial charge on any atom is -0.351 e. The molecule has 4 unspecified atom stereocenters. The number of rotatable bonds is 4. The summed E-state index contributed by atoms with van der Waals surface area (Å²) in [6, 6.07) is 4.86. The third kappa shape index (κ3) is 3.39. The average molecular weight is 419 g/mol. The van der Waals surface area contributed by atoms with Crippen LogP contribution in [0.25, 0.3) is 11.3 Å². The summed E-state index contributed by atoms with van der Waals surface area (Å²) in [7, 11) is 1.95. The molecule has 0 radical (unpaired) electrons. The number of allylic oxidation sites excluding steroid dienone is 2. The van der Waals surface area contributed by atoms with Crippen LogP contribution in [0.3, 0.4) is 0 Å². The van der Waals surface area contributed by atoms with Gasteiger partial charge >= 0.3 is 0 Å². The summed E-state index contributed by atoms with van der Waals surface area (Å²) in [6.07, 6.45) is 11.3. The van der Waals surface area contributed by atoms with E-state index in [9.17, 15) is 0 Å². The molecule has 0 spiro atoms. The Morgan fingerprint density at radius 3 is 2.87 bits per heavy atom. The van der Waals surface area contributed by atoms with Gasteiger partial charge in [-0.25, -0.2) is 0 Å². The van der Waals surface area contributed by atoms with Gasteiger partial charge in [0, 0.05) is 51.0 Å². The fraction of sp³-hybridized carbons (Fsp3) is 0.640. The molecule has 6 rings (SSSR count). The Bertz CT molecular complexity index is 1010. The molecule has 0 N–H and O–H groups in total. The summed E-state index contributed by atoms with van der Waals surface area (Å²) in [5, 5.41) is 13.7. The molecule has 31 heavy (non-hydrogen) atoms. The van der Waals surface area contributed by atoms with E-state index in [-0.39, 0.29) is 0 Å². The van der Waals surface area contributed by atoms with Gasteiger partial charge in [-0.05, 0) is 68.4 Å². The van der Waals surface area contributed by atoms with Gasteiger partial charge in [-0.2, -0.15) is 5.10 Å². The van der Waals surface area contributed by atoms with Crippen LogP contribution < -0.4 is 4.90 Å². The number of likely N-dealkylation sites (tertiary alicyclic amines) is 1. The molecule has 2 bridgehead atoms. The van der Waals surface area contributed by atoms with Gasteiger partial charge in [-0.3, -0.25) is 4.68 Å². The highest BCUT2D eigenvalue weighted by molar-refractivity contribution is 5.61. The molecular formula is C25H34N6. The maximum absolute atomic E-state index is 4.65. The zero-order valence-electron chi connectivity index (χ0n) is 19.1. The molecule has 3 fully saturated rings. The Morgan fingerprint density at radius 2 is 2.10 bits per heavy atom. The van der Waals surface area contributed by atoms with E-state index in [4.69, 9.17) is 0 Å². The van der Waals surface area contributed by atoms with E-state index in [0.29, 0.717) is 11.5 Å². The van der Waals surface area contributed by atoms with Gasteiger partial charge in [0.25, 0.3) is 0 Å². The van der Waals surface area contributed by atoms with Crippen LogP contribution >= 0.6 is 0 Å². The number of nitrogens with zero attached hydrogens (tertiary/aromatic N) is 6. The van der Waals surface area contributed by atoms with Crippen LogP contribution in [-0.4, -0.2) is 57.1 Å². The van der Waals surface area contributed by atoms with Crippen molar-refractivity contribution in [3.63, 3.8) is 0 Å². The second-order valence-electron chi connectivity index (χ2n) is 10.8. The molecule has 164 valence electrons. The monoisotopic (exact) mass is 418 g/mol. The molecule has 4 aliphatic rings. The van der Waals surface area contributed by atoms with E-state index >= 15 is 0 Å². The summed E-state index contributed by atoms with van der Waals surface area (Å²) in [5.74, 6) is 2.67. The van der Waals surface area contributed by atoms with Gasteiger partial charge in [-0.15, -0.1) is 10.2 Å². The maximum Gasteiger partial charge on any atom is 0.151 e. The summed E-state index contributed by atoms with van der Waals surface area (Å²) in [5.41, 5.74) is 5.24. The molecule has 2 saturated heterocycles. The number of hydrogen-bond acceptors (Lipinski definition) is 5. The Morgan fingerprint density at radius 1 is 1.19 bits per heavy atom. The summed E-state index contributed by atoms with van der Waals surface area (Å²) < 4.78 is 1.84. The number of aryl methyl sites for hydroxylation is 2. The fourth-order valence-corrected chi connectivity index (χ4v) is 7.15. The minimum absolute atomic E-state index is 0.527. The van der Waals surface area contributed by atoms with Gasteiger partial charge in [0.2, 0.25) is 0 Å². The Labute approximate surface area is 185 Å². The van der Waals surface area contributed by atoms with Crippen molar-refractivity contribution in [3.8, 4) is 11.3 Å². The zero-order valence-corrected chi connectivity index (χ0v) is 19.1. The van der Waals surface area contributed by atoms with Crippen molar-refractivity contribution < 1.29 is 0 Å². The third-order valence-corrected chi connectivity index (χ3v) is 8.23. The third-order valence-electron chi connectivity index (χ3n) is 8.23. The standard InChI is InChI=1S/C25H34N6/c1-17-10-19-6-8-25(11-17,12-19)16-30-13-20-7-9-31(23(20)15-30)24-5-4-22(26-27-24)21-14-29(3)28-18(21)2/h4-6,14,17,20,23H,7-13,15-16H2,1-3H3. The topological polar surface area (TPSA) is 50.1 Å². The second-order valence-corrected chi connectivity index (χ2v) is 10.8. The van der Waals surface area contributed by atoms with E-state index in [1.807, 2.05) is 24.9 Å². The second kappa shape index (κ2) is 7.16. The summed E-state index contributed by atoms with van der Waals surface area (Å²) >= 11 is 0. The van der Waals surface area contributed by atoms with E-state index < -0.39 is 0 Å². The number of aromatic nitrogens is 4. The lowest BCUT2D eigenvalue weighted by Crippen LogP contribution is -2.41. The first kappa shape index (κ1) is 19.5. The lowest BCUT2D eigenvalue weighted by molar-refractivity contribution is 0.129. The molecule has 0 amide bonds. The van der Waals surface area contributed by atoms with Crippen molar-refractivity contribution in [1.82, 2.24) is 24.9 Å². The normalized spacial score (nSPS) is 32.5. The van der Waals surface area contributed by atoms with Crippen LogP contribution in [0.4, 0.5) is 5.82 Å². The first-order chi connectivity index (χ1) is 15.0. The number of hydrogen-bond donors (Lipinski definition) is 0. The average Bonchev–Trinajstić information content (AvgIpc) is 3.45. The van der Waals surface area contributed by atoms with Crippen molar-refractivity contribution >= 4 is 5.82 Å². The van der Waals surface area contributed by atoms with Crippen LogP contribution in [0.1, 0.15) is 44.7 Å². The highest BCUT2D eigenvalue weighted by Gasteiger charge is 2.46. The van der Waals surface area contributed by atoms with Crippen molar-refractivity contribution in [1.29, 1.82) is 0 Å². The molecule has 2 aromatic heterocycles. The number of fused-ring (bicyclic) bond motifs is 3. The van der Waals surface area contributed by atoms with Gasteiger partial charge in [0.15, 0.2) is 5.82 Å². The molecule has 4 heterocycles. The molecular weight excluding hydrogens is 384 g/mol. The van der Waals surface area contributed by atoms with Gasteiger partial charge in [0.05, 0.1) is 11.4 Å². The largest absolute Gasteiger partial charge is 0.351 e. The Balaban J connectivity index is 1.15.